The van der Waals surface area contributed by atoms with Crippen LogP contribution in [0.25, 0.3) is 0 Å². The van der Waals surface area contributed by atoms with Gasteiger partial charge in [-0.1, -0.05) is 58.6 Å². The fourth-order valence-electron chi connectivity index (χ4n) is 7.86. The van der Waals surface area contributed by atoms with Gasteiger partial charge >= 0.3 is 0 Å². The highest BCUT2D eigenvalue weighted by Gasteiger charge is 2.71. The number of fused-ring (bicyclic) bond motifs is 3. The number of aliphatic hydroxyl groups excluding tert-OH is 2. The van der Waals surface area contributed by atoms with Gasteiger partial charge in [-0.3, -0.25) is 14.4 Å². The monoisotopic (exact) mass is 568 g/mol. The molecule has 0 fully saturated rings. The minimum Gasteiger partial charge on any atom is -0.511 e. The van der Waals surface area contributed by atoms with E-state index in [0.29, 0.717) is 11.1 Å². The van der Waals surface area contributed by atoms with Crippen LogP contribution in [0, 0.1) is 34.5 Å². The highest BCUT2D eigenvalue weighted by atomic mass is 16.3. The zero-order valence-corrected chi connectivity index (χ0v) is 24.8. The summed E-state index contributed by atoms with van der Waals surface area (Å²) in [7, 11) is 0. The number of aromatic hydroxyl groups is 1. The Morgan fingerprint density at radius 1 is 1.07 bits per heavy atom. The molecule has 2 aromatic carbocycles. The zero-order chi connectivity index (χ0) is 30.9. The number of Topliss-reactive ketones (excluding diaryl/α,β-unsaturated/α-hetero) is 3. The number of ketones is 3. The standard InChI is InChI=1S/C35H36O7/c1-7-20-9-8-10-21(15-20)11-12-22-13-14-24(37)26-23(22)16-33(5)17-34(6)27(18(2)3)29(38)25(19(4)36)31(40)35(34,42)32(41)28(33)30(26)39/h8-10,13-15,18,27,37-38,41-42H,7,16-17H2,1-6H3/t27?,33-,34-,35+/m1/s1. The summed E-state index contributed by atoms with van der Waals surface area (Å²) in [5.74, 6) is 1.01. The number of phenols is 1. The first-order valence-corrected chi connectivity index (χ1v) is 14.3. The van der Waals surface area contributed by atoms with Crippen LogP contribution in [0.2, 0.25) is 0 Å². The van der Waals surface area contributed by atoms with E-state index in [4.69, 9.17) is 0 Å². The number of rotatable bonds is 3. The van der Waals surface area contributed by atoms with Crippen LogP contribution >= 0.6 is 0 Å². The molecule has 7 nitrogen and oxygen atoms in total. The molecule has 1 unspecified atom stereocenters. The van der Waals surface area contributed by atoms with Crippen LogP contribution in [0.5, 0.6) is 5.75 Å². The highest BCUT2D eigenvalue weighted by Crippen LogP contribution is 2.65. The summed E-state index contributed by atoms with van der Waals surface area (Å²) in [4.78, 5) is 40.4. The third-order valence-electron chi connectivity index (χ3n) is 9.57. The fourth-order valence-corrected chi connectivity index (χ4v) is 7.86. The summed E-state index contributed by atoms with van der Waals surface area (Å²) in [6.07, 6.45) is 1.07. The summed E-state index contributed by atoms with van der Waals surface area (Å²) in [6, 6.07) is 10.9. The molecular weight excluding hydrogens is 532 g/mol. The van der Waals surface area contributed by atoms with Crippen molar-refractivity contribution in [2.24, 2.45) is 22.7 Å². The van der Waals surface area contributed by atoms with E-state index < -0.39 is 56.8 Å². The van der Waals surface area contributed by atoms with Gasteiger partial charge in [-0.25, -0.2) is 0 Å². The largest absolute Gasteiger partial charge is 0.511 e. The number of hydrogen-bond donors (Lipinski definition) is 4. The first kappa shape index (κ1) is 29.3. The van der Waals surface area contributed by atoms with Gasteiger partial charge in [-0.05, 0) is 67.5 Å². The average Bonchev–Trinajstić information content (AvgIpc) is 2.90. The second-order valence-electron chi connectivity index (χ2n) is 12.8. The topological polar surface area (TPSA) is 132 Å². The molecule has 4 N–H and O–H groups in total. The van der Waals surface area contributed by atoms with Crippen LogP contribution in [0.3, 0.4) is 0 Å². The molecule has 0 aromatic heterocycles. The predicted molar refractivity (Wildman–Crippen MR) is 157 cm³/mol. The third kappa shape index (κ3) is 3.89. The maximum atomic E-state index is 14.1. The molecule has 5 rings (SSSR count). The van der Waals surface area contributed by atoms with Crippen LogP contribution in [-0.4, -0.2) is 43.4 Å². The molecular formula is C35H36O7. The van der Waals surface area contributed by atoms with Crippen LogP contribution in [0.1, 0.15) is 80.6 Å². The van der Waals surface area contributed by atoms with E-state index in [1.807, 2.05) is 24.3 Å². The lowest BCUT2D eigenvalue weighted by molar-refractivity contribution is -0.171. The predicted octanol–water partition coefficient (Wildman–Crippen LogP) is 5.31. The molecule has 3 aliphatic rings. The molecule has 0 amide bonds. The van der Waals surface area contributed by atoms with Gasteiger partial charge in [0.25, 0.3) is 0 Å². The highest BCUT2D eigenvalue weighted by molar-refractivity contribution is 6.25. The normalized spacial score (nSPS) is 28.6. The van der Waals surface area contributed by atoms with E-state index in [1.165, 1.54) is 6.07 Å². The molecule has 0 radical (unpaired) electrons. The Kier molecular flexibility index (Phi) is 6.78. The minimum absolute atomic E-state index is 0.0337. The molecule has 0 heterocycles. The number of aryl methyl sites for hydroxylation is 1. The van der Waals surface area contributed by atoms with Crippen molar-refractivity contribution >= 4 is 17.3 Å². The summed E-state index contributed by atoms with van der Waals surface area (Å²) in [6.45, 7) is 10.2. The van der Waals surface area contributed by atoms with Crippen molar-refractivity contribution in [3.8, 4) is 17.6 Å². The van der Waals surface area contributed by atoms with Crippen molar-refractivity contribution in [3.63, 3.8) is 0 Å². The van der Waals surface area contributed by atoms with Crippen molar-refractivity contribution in [3.05, 3.63) is 86.9 Å². The quantitative estimate of drug-likeness (QED) is 0.291. The molecule has 2 aromatic rings. The van der Waals surface area contributed by atoms with Crippen molar-refractivity contribution in [1.29, 1.82) is 0 Å². The summed E-state index contributed by atoms with van der Waals surface area (Å²) >= 11 is 0. The van der Waals surface area contributed by atoms with E-state index in [2.05, 4.69) is 18.8 Å². The molecule has 0 aliphatic heterocycles. The van der Waals surface area contributed by atoms with E-state index in [9.17, 15) is 34.8 Å². The summed E-state index contributed by atoms with van der Waals surface area (Å²) in [5.41, 5.74) is -2.97. The van der Waals surface area contributed by atoms with Crippen molar-refractivity contribution in [2.75, 3.05) is 0 Å². The van der Waals surface area contributed by atoms with Gasteiger partial charge in [0.15, 0.2) is 17.2 Å². The number of hydrogen-bond acceptors (Lipinski definition) is 7. The van der Waals surface area contributed by atoms with Gasteiger partial charge in [-0.2, -0.15) is 0 Å². The molecule has 0 bridgehead atoms. The van der Waals surface area contributed by atoms with Gasteiger partial charge in [0, 0.05) is 33.4 Å². The summed E-state index contributed by atoms with van der Waals surface area (Å²) < 4.78 is 0. The van der Waals surface area contributed by atoms with Crippen molar-refractivity contribution < 1.29 is 34.8 Å². The van der Waals surface area contributed by atoms with E-state index in [0.717, 1.165) is 24.5 Å². The van der Waals surface area contributed by atoms with Crippen molar-refractivity contribution in [1.82, 2.24) is 0 Å². The maximum Gasteiger partial charge on any atom is 0.209 e. The Bertz CT molecular complexity index is 1700. The first-order chi connectivity index (χ1) is 19.6. The van der Waals surface area contributed by atoms with Crippen LogP contribution in [0.15, 0.2) is 59.1 Å². The Balaban J connectivity index is 1.74. The Morgan fingerprint density at radius 2 is 1.76 bits per heavy atom. The SMILES string of the molecule is CCc1cccc(C#Cc2ccc(O)c3c2C[C@]2(C)C[C@]4(C)C(C(C)C)C(O)=C(C(C)=O)C(=O)[C@]4(O)C(O)=C2C3=O)c1. The zero-order valence-electron chi connectivity index (χ0n) is 24.8. The lowest BCUT2D eigenvalue weighted by Crippen LogP contribution is -2.67. The number of phenolic OH excluding ortho intramolecular Hbond substituents is 1. The van der Waals surface area contributed by atoms with Crippen LogP contribution in [0.4, 0.5) is 0 Å². The smallest absolute Gasteiger partial charge is 0.209 e. The number of benzene rings is 2. The third-order valence-corrected chi connectivity index (χ3v) is 9.57. The Morgan fingerprint density at radius 3 is 2.38 bits per heavy atom. The van der Waals surface area contributed by atoms with E-state index in [-0.39, 0.29) is 35.6 Å². The molecule has 0 spiro atoms. The second-order valence-corrected chi connectivity index (χ2v) is 12.8. The number of carbonyl (C=O) groups is 3. The molecule has 7 heteroatoms. The Hall–Kier alpha value is -4.15. The van der Waals surface area contributed by atoms with Gasteiger partial charge < -0.3 is 20.4 Å². The molecule has 218 valence electrons. The number of allylic oxidation sites excluding steroid dienone is 2. The first-order valence-electron chi connectivity index (χ1n) is 14.3. The molecule has 0 saturated heterocycles. The molecule has 42 heavy (non-hydrogen) atoms. The van der Waals surface area contributed by atoms with E-state index >= 15 is 0 Å². The number of aliphatic hydroxyl groups is 3. The van der Waals surface area contributed by atoms with Crippen LogP contribution < -0.4 is 0 Å². The second kappa shape index (κ2) is 9.71. The van der Waals surface area contributed by atoms with Gasteiger partial charge in [-0.15, -0.1) is 0 Å². The number of carbonyl (C=O) groups excluding carboxylic acids is 3. The van der Waals surface area contributed by atoms with Crippen LogP contribution in [-0.2, 0) is 22.4 Å². The fraction of sp³-hybridized carbons (Fsp3) is 0.400. The average molecular weight is 569 g/mol. The van der Waals surface area contributed by atoms with Gasteiger partial charge in [0.2, 0.25) is 5.78 Å². The minimum atomic E-state index is -2.63. The molecule has 3 aliphatic carbocycles. The maximum absolute atomic E-state index is 14.1. The lowest BCUT2D eigenvalue weighted by atomic mass is 9.44. The molecule has 4 atom stereocenters. The lowest BCUT2D eigenvalue weighted by Gasteiger charge is -2.59. The Labute approximate surface area is 245 Å². The van der Waals surface area contributed by atoms with Gasteiger partial charge in [0.05, 0.1) is 5.56 Å². The van der Waals surface area contributed by atoms with E-state index in [1.54, 1.807) is 33.8 Å². The summed E-state index contributed by atoms with van der Waals surface area (Å²) in [5, 5.41) is 46.0. The van der Waals surface area contributed by atoms with Crippen molar-refractivity contribution in [2.45, 2.75) is 66.4 Å². The van der Waals surface area contributed by atoms with Gasteiger partial charge in [0.1, 0.15) is 22.8 Å². The molecule has 0 saturated carbocycles.